The topological polar surface area (TPSA) is 58.6 Å². The van der Waals surface area contributed by atoms with E-state index in [-0.39, 0.29) is 25.0 Å². The maximum absolute atomic E-state index is 13.6. The summed E-state index contributed by atoms with van der Waals surface area (Å²) in [6, 6.07) is 35.2. The molecule has 5 nitrogen and oxygen atoms in total. The Morgan fingerprint density at radius 1 is 0.730 bits per heavy atom. The number of hydrogen-bond donors (Lipinski definition) is 1. The van der Waals surface area contributed by atoms with E-state index in [0.29, 0.717) is 23.7 Å². The van der Waals surface area contributed by atoms with Crippen LogP contribution in [0.15, 0.2) is 115 Å². The van der Waals surface area contributed by atoms with Gasteiger partial charge in [0.15, 0.2) is 6.61 Å². The third kappa shape index (κ3) is 7.95. The standard InChI is InChI=1S/C31H29ClN2O3/c32-27-18-16-25(17-19-27)21-33-31(36)29(20-24-10-4-1-5-11-24)34(22-26-12-6-2-7-13-26)30(35)23-37-28-14-8-3-9-15-28/h1-19,29H,20-23H2,(H,33,36)/t29-/m0/s1. The molecule has 4 aromatic rings. The van der Waals surface area contributed by atoms with E-state index in [1.54, 1.807) is 29.2 Å². The molecule has 0 saturated carbocycles. The predicted molar refractivity (Wildman–Crippen MR) is 146 cm³/mol. The fourth-order valence-corrected chi connectivity index (χ4v) is 4.11. The molecule has 4 rings (SSSR count). The number of amides is 2. The Morgan fingerprint density at radius 3 is 1.92 bits per heavy atom. The summed E-state index contributed by atoms with van der Waals surface area (Å²) in [5, 5.41) is 3.65. The van der Waals surface area contributed by atoms with Crippen molar-refractivity contribution in [3.63, 3.8) is 0 Å². The first-order valence-corrected chi connectivity index (χ1v) is 12.5. The molecule has 6 heteroatoms. The normalized spacial score (nSPS) is 11.4. The number of nitrogens with zero attached hydrogens (tertiary/aromatic N) is 1. The molecule has 188 valence electrons. The zero-order valence-electron chi connectivity index (χ0n) is 20.4. The van der Waals surface area contributed by atoms with Gasteiger partial charge in [-0.05, 0) is 41.0 Å². The van der Waals surface area contributed by atoms with Crippen LogP contribution in [-0.4, -0.2) is 29.4 Å². The van der Waals surface area contributed by atoms with Crippen molar-refractivity contribution in [2.24, 2.45) is 0 Å². The smallest absolute Gasteiger partial charge is 0.261 e. The van der Waals surface area contributed by atoms with Gasteiger partial charge in [-0.25, -0.2) is 0 Å². The molecular formula is C31H29ClN2O3. The lowest BCUT2D eigenvalue weighted by Crippen LogP contribution is -2.51. The SMILES string of the molecule is O=C(NCc1ccc(Cl)cc1)[C@H](Cc1ccccc1)N(Cc1ccccc1)C(=O)COc1ccccc1. The first-order chi connectivity index (χ1) is 18.1. The summed E-state index contributed by atoms with van der Waals surface area (Å²) in [5.74, 6) is 0.0976. The number of carbonyl (C=O) groups is 2. The molecule has 4 aromatic carbocycles. The highest BCUT2D eigenvalue weighted by Gasteiger charge is 2.30. The van der Waals surface area contributed by atoms with Gasteiger partial charge < -0.3 is 15.0 Å². The highest BCUT2D eigenvalue weighted by atomic mass is 35.5. The van der Waals surface area contributed by atoms with Crippen molar-refractivity contribution in [2.75, 3.05) is 6.61 Å². The number of ether oxygens (including phenoxy) is 1. The van der Waals surface area contributed by atoms with Crippen LogP contribution < -0.4 is 10.1 Å². The van der Waals surface area contributed by atoms with Gasteiger partial charge in [0.25, 0.3) is 5.91 Å². The Balaban J connectivity index is 1.58. The number of benzene rings is 4. The number of para-hydroxylation sites is 1. The summed E-state index contributed by atoms with van der Waals surface area (Å²) >= 11 is 6.00. The fourth-order valence-electron chi connectivity index (χ4n) is 3.99. The molecule has 0 heterocycles. The molecule has 0 unspecified atom stereocenters. The van der Waals surface area contributed by atoms with Crippen LogP contribution in [0.25, 0.3) is 0 Å². The highest BCUT2D eigenvalue weighted by molar-refractivity contribution is 6.30. The Bertz CT molecular complexity index is 1270. The monoisotopic (exact) mass is 512 g/mol. The van der Waals surface area contributed by atoms with Crippen LogP contribution in [0.5, 0.6) is 5.75 Å². The molecule has 0 aliphatic carbocycles. The van der Waals surface area contributed by atoms with E-state index in [0.717, 1.165) is 16.7 Å². The molecular weight excluding hydrogens is 484 g/mol. The van der Waals surface area contributed by atoms with Crippen LogP contribution in [0, 0.1) is 0 Å². The van der Waals surface area contributed by atoms with E-state index < -0.39 is 6.04 Å². The summed E-state index contributed by atoms with van der Waals surface area (Å²) in [7, 11) is 0. The van der Waals surface area contributed by atoms with Crippen molar-refractivity contribution in [1.82, 2.24) is 10.2 Å². The van der Waals surface area contributed by atoms with Crippen molar-refractivity contribution < 1.29 is 14.3 Å². The second kappa shape index (κ2) is 13.3. The van der Waals surface area contributed by atoms with Gasteiger partial charge in [-0.1, -0.05) is 103 Å². The highest BCUT2D eigenvalue weighted by Crippen LogP contribution is 2.17. The van der Waals surface area contributed by atoms with Crippen molar-refractivity contribution in [1.29, 1.82) is 0 Å². The zero-order valence-corrected chi connectivity index (χ0v) is 21.2. The maximum Gasteiger partial charge on any atom is 0.261 e. The van der Waals surface area contributed by atoms with Gasteiger partial charge in [-0.3, -0.25) is 9.59 Å². The third-order valence-corrected chi connectivity index (χ3v) is 6.20. The Kier molecular flexibility index (Phi) is 9.33. The summed E-state index contributed by atoms with van der Waals surface area (Å²) in [6.45, 7) is 0.436. The molecule has 0 fully saturated rings. The van der Waals surface area contributed by atoms with Crippen LogP contribution in [-0.2, 0) is 29.1 Å². The van der Waals surface area contributed by atoms with E-state index in [4.69, 9.17) is 16.3 Å². The molecule has 0 aliphatic heterocycles. The van der Waals surface area contributed by atoms with E-state index in [1.165, 1.54) is 0 Å². The summed E-state index contributed by atoms with van der Waals surface area (Å²) < 4.78 is 5.77. The minimum absolute atomic E-state index is 0.174. The van der Waals surface area contributed by atoms with Gasteiger partial charge in [0, 0.05) is 24.5 Å². The van der Waals surface area contributed by atoms with Crippen LogP contribution in [0.1, 0.15) is 16.7 Å². The quantitative estimate of drug-likeness (QED) is 0.281. The van der Waals surface area contributed by atoms with Gasteiger partial charge >= 0.3 is 0 Å². The lowest BCUT2D eigenvalue weighted by atomic mass is 10.0. The number of carbonyl (C=O) groups excluding carboxylic acids is 2. The lowest BCUT2D eigenvalue weighted by Gasteiger charge is -2.31. The number of rotatable bonds is 11. The average Bonchev–Trinajstić information content (AvgIpc) is 2.95. The van der Waals surface area contributed by atoms with Gasteiger partial charge in [0.1, 0.15) is 11.8 Å². The molecule has 0 aromatic heterocycles. The van der Waals surface area contributed by atoms with Gasteiger partial charge in [0.05, 0.1) is 0 Å². The largest absolute Gasteiger partial charge is 0.484 e. The first kappa shape index (κ1) is 26.0. The van der Waals surface area contributed by atoms with E-state index in [2.05, 4.69) is 5.32 Å². The molecule has 2 amide bonds. The van der Waals surface area contributed by atoms with Crippen LogP contribution in [0.2, 0.25) is 5.02 Å². The van der Waals surface area contributed by atoms with Crippen LogP contribution in [0.3, 0.4) is 0 Å². The number of halogens is 1. The molecule has 1 N–H and O–H groups in total. The number of nitrogens with one attached hydrogen (secondary N) is 1. The van der Waals surface area contributed by atoms with Crippen molar-refractivity contribution in [3.05, 3.63) is 137 Å². The maximum atomic E-state index is 13.6. The molecule has 0 bridgehead atoms. The number of hydrogen-bond acceptors (Lipinski definition) is 3. The Morgan fingerprint density at radius 2 is 1.30 bits per heavy atom. The Hall–Kier alpha value is -4.09. The van der Waals surface area contributed by atoms with Gasteiger partial charge in [-0.2, -0.15) is 0 Å². The summed E-state index contributed by atoms with van der Waals surface area (Å²) in [4.78, 5) is 28.8. The van der Waals surface area contributed by atoms with Crippen molar-refractivity contribution in [2.45, 2.75) is 25.6 Å². The second-order valence-electron chi connectivity index (χ2n) is 8.66. The summed E-state index contributed by atoms with van der Waals surface area (Å²) in [5.41, 5.74) is 2.81. The predicted octanol–water partition coefficient (Wildman–Crippen LogP) is 5.68. The molecule has 37 heavy (non-hydrogen) atoms. The summed E-state index contributed by atoms with van der Waals surface area (Å²) in [6.07, 6.45) is 0.372. The van der Waals surface area contributed by atoms with Crippen LogP contribution in [0.4, 0.5) is 0 Å². The first-order valence-electron chi connectivity index (χ1n) is 12.2. The zero-order chi connectivity index (χ0) is 25.9. The second-order valence-corrected chi connectivity index (χ2v) is 9.10. The minimum atomic E-state index is -0.734. The molecule has 0 aliphatic rings. The van der Waals surface area contributed by atoms with Crippen molar-refractivity contribution in [3.8, 4) is 5.75 Å². The van der Waals surface area contributed by atoms with Crippen LogP contribution >= 0.6 is 11.6 Å². The fraction of sp³-hybridized carbons (Fsp3) is 0.161. The van der Waals surface area contributed by atoms with E-state index in [9.17, 15) is 9.59 Å². The van der Waals surface area contributed by atoms with Crippen molar-refractivity contribution >= 4 is 23.4 Å². The third-order valence-electron chi connectivity index (χ3n) is 5.95. The van der Waals surface area contributed by atoms with Gasteiger partial charge in [-0.15, -0.1) is 0 Å². The van der Waals surface area contributed by atoms with E-state index >= 15 is 0 Å². The average molecular weight is 513 g/mol. The lowest BCUT2D eigenvalue weighted by molar-refractivity contribution is -0.142. The minimum Gasteiger partial charge on any atom is -0.484 e. The van der Waals surface area contributed by atoms with E-state index in [1.807, 2.05) is 91.0 Å². The molecule has 0 radical (unpaired) electrons. The molecule has 1 atom stereocenters. The molecule has 0 spiro atoms. The Labute approximate surface area is 222 Å². The van der Waals surface area contributed by atoms with Gasteiger partial charge in [0.2, 0.25) is 5.91 Å². The molecule has 0 saturated heterocycles.